The van der Waals surface area contributed by atoms with Gasteiger partial charge in [-0.3, -0.25) is 4.79 Å². The van der Waals surface area contributed by atoms with Crippen molar-refractivity contribution in [1.29, 1.82) is 0 Å². The first-order valence-corrected chi connectivity index (χ1v) is 6.43. The molecule has 0 aliphatic heterocycles. The number of hydrogen-bond donors (Lipinski definition) is 2. The summed E-state index contributed by atoms with van der Waals surface area (Å²) < 4.78 is 26.9. The Morgan fingerprint density at radius 3 is 2.62 bits per heavy atom. The molecule has 21 heavy (non-hydrogen) atoms. The maximum absolute atomic E-state index is 13.5. The molecule has 0 fully saturated rings. The molecule has 1 aromatic heterocycles. The zero-order valence-corrected chi connectivity index (χ0v) is 11.4. The minimum atomic E-state index is -0.846. The van der Waals surface area contributed by atoms with E-state index in [9.17, 15) is 13.6 Å². The lowest BCUT2D eigenvalue weighted by Gasteiger charge is -2.08. The smallest absolute Gasteiger partial charge is 0.274 e. The fourth-order valence-electron chi connectivity index (χ4n) is 1.63. The van der Waals surface area contributed by atoms with Gasteiger partial charge in [-0.1, -0.05) is 13.0 Å². The monoisotopic (exact) mass is 292 g/mol. The third-order valence-electron chi connectivity index (χ3n) is 2.66. The van der Waals surface area contributed by atoms with Gasteiger partial charge in [0, 0.05) is 12.6 Å². The largest absolute Gasteiger partial charge is 0.370 e. The summed E-state index contributed by atoms with van der Waals surface area (Å²) in [6.07, 6.45) is 2.11. The number of rotatable bonds is 5. The number of nitrogens with zero attached hydrogens (tertiary/aromatic N) is 2. The molecule has 5 nitrogen and oxygen atoms in total. The average Bonchev–Trinajstić information content (AvgIpc) is 2.49. The van der Waals surface area contributed by atoms with Crippen molar-refractivity contribution >= 4 is 17.4 Å². The van der Waals surface area contributed by atoms with Gasteiger partial charge in [-0.15, -0.1) is 0 Å². The molecular formula is C14H14F2N4O. The van der Waals surface area contributed by atoms with Gasteiger partial charge in [0.1, 0.15) is 35.2 Å². The number of nitrogens with one attached hydrogen (secondary N) is 2. The molecule has 0 radical (unpaired) electrons. The molecule has 0 aliphatic rings. The van der Waals surface area contributed by atoms with Crippen molar-refractivity contribution in [1.82, 2.24) is 9.97 Å². The van der Waals surface area contributed by atoms with Gasteiger partial charge in [0.2, 0.25) is 0 Å². The second-order valence-corrected chi connectivity index (χ2v) is 4.27. The number of aromatic nitrogens is 2. The first kappa shape index (κ1) is 14.8. The lowest BCUT2D eigenvalue weighted by molar-refractivity contribution is 0.102. The molecule has 1 amide bonds. The molecule has 2 N–H and O–H groups in total. The summed E-state index contributed by atoms with van der Waals surface area (Å²) in [7, 11) is 0. The summed E-state index contributed by atoms with van der Waals surface area (Å²) in [5.41, 5.74) is -0.476. The molecule has 0 saturated carbocycles. The van der Waals surface area contributed by atoms with E-state index in [2.05, 4.69) is 20.6 Å². The van der Waals surface area contributed by atoms with Crippen molar-refractivity contribution in [3.8, 4) is 0 Å². The van der Waals surface area contributed by atoms with Crippen LogP contribution in [0.1, 0.15) is 23.8 Å². The molecule has 0 atom stereocenters. The number of anilines is 2. The van der Waals surface area contributed by atoms with E-state index in [-0.39, 0.29) is 5.69 Å². The van der Waals surface area contributed by atoms with Gasteiger partial charge in [-0.05, 0) is 18.6 Å². The summed E-state index contributed by atoms with van der Waals surface area (Å²) in [5.74, 6) is -1.92. The lowest BCUT2D eigenvalue weighted by Crippen LogP contribution is -2.16. The van der Waals surface area contributed by atoms with Crippen molar-refractivity contribution in [3.05, 3.63) is 47.9 Å². The van der Waals surface area contributed by atoms with Crippen LogP contribution < -0.4 is 10.6 Å². The molecule has 110 valence electrons. The summed E-state index contributed by atoms with van der Waals surface area (Å²) in [5, 5.41) is 5.17. The van der Waals surface area contributed by atoms with Crippen molar-refractivity contribution in [2.75, 3.05) is 17.2 Å². The van der Waals surface area contributed by atoms with Gasteiger partial charge in [0.05, 0.1) is 0 Å². The number of halogens is 2. The molecule has 0 unspecified atom stereocenters. The topological polar surface area (TPSA) is 66.9 Å². The van der Waals surface area contributed by atoms with Gasteiger partial charge in [-0.2, -0.15) is 0 Å². The molecule has 1 heterocycles. The van der Waals surface area contributed by atoms with Crippen LogP contribution in [0.25, 0.3) is 0 Å². The number of hydrogen-bond acceptors (Lipinski definition) is 4. The highest BCUT2D eigenvalue weighted by Crippen LogP contribution is 2.18. The Morgan fingerprint density at radius 2 is 1.95 bits per heavy atom. The van der Waals surface area contributed by atoms with Crippen molar-refractivity contribution in [2.24, 2.45) is 0 Å². The second-order valence-electron chi connectivity index (χ2n) is 4.27. The van der Waals surface area contributed by atoms with E-state index < -0.39 is 23.2 Å². The Bertz CT molecular complexity index is 628. The number of benzene rings is 1. The molecule has 2 rings (SSSR count). The van der Waals surface area contributed by atoms with Crippen molar-refractivity contribution in [3.63, 3.8) is 0 Å². The highest BCUT2D eigenvalue weighted by Gasteiger charge is 2.14. The Labute approximate surface area is 120 Å². The third-order valence-corrected chi connectivity index (χ3v) is 2.66. The van der Waals surface area contributed by atoms with Gasteiger partial charge in [0.25, 0.3) is 5.91 Å². The number of carbonyl (C=O) groups excluding carboxylic acids is 1. The highest BCUT2D eigenvalue weighted by atomic mass is 19.1. The van der Waals surface area contributed by atoms with Crippen LogP contribution in [0, 0.1) is 11.6 Å². The Balaban J connectivity index is 2.17. The summed E-state index contributed by atoms with van der Waals surface area (Å²) in [4.78, 5) is 19.7. The van der Waals surface area contributed by atoms with E-state index in [0.717, 1.165) is 18.6 Å². The summed E-state index contributed by atoms with van der Waals surface area (Å²) in [6, 6.07) is 4.77. The average molecular weight is 292 g/mol. The highest BCUT2D eigenvalue weighted by molar-refractivity contribution is 6.03. The third kappa shape index (κ3) is 3.71. The summed E-state index contributed by atoms with van der Waals surface area (Å²) >= 11 is 0. The zero-order valence-electron chi connectivity index (χ0n) is 11.4. The SMILES string of the molecule is CCCNc1cc(C(=O)Nc2c(F)cccc2F)ncn1. The number of para-hydroxylation sites is 1. The van der Waals surface area contributed by atoms with E-state index in [0.29, 0.717) is 12.4 Å². The van der Waals surface area contributed by atoms with E-state index in [1.54, 1.807) is 0 Å². The van der Waals surface area contributed by atoms with Gasteiger partial charge >= 0.3 is 0 Å². The minimum Gasteiger partial charge on any atom is -0.370 e. The first-order chi connectivity index (χ1) is 10.1. The van der Waals surface area contributed by atoms with Crippen LogP contribution >= 0.6 is 0 Å². The van der Waals surface area contributed by atoms with Crippen LogP contribution in [-0.2, 0) is 0 Å². The molecular weight excluding hydrogens is 278 g/mol. The van der Waals surface area contributed by atoms with E-state index in [4.69, 9.17) is 0 Å². The van der Waals surface area contributed by atoms with Crippen molar-refractivity contribution in [2.45, 2.75) is 13.3 Å². The van der Waals surface area contributed by atoms with E-state index >= 15 is 0 Å². The van der Waals surface area contributed by atoms with E-state index in [1.807, 2.05) is 6.92 Å². The normalized spacial score (nSPS) is 10.2. The molecule has 7 heteroatoms. The predicted molar refractivity (Wildman–Crippen MR) is 75.1 cm³/mol. The van der Waals surface area contributed by atoms with Crippen LogP contribution in [0.5, 0.6) is 0 Å². The number of amides is 1. The minimum absolute atomic E-state index is 0.0197. The maximum Gasteiger partial charge on any atom is 0.274 e. The molecule has 0 saturated heterocycles. The Hall–Kier alpha value is -2.57. The van der Waals surface area contributed by atoms with Gasteiger partial charge < -0.3 is 10.6 Å². The standard InChI is InChI=1S/C14H14F2N4O/c1-2-6-17-12-7-11(18-8-19-12)14(21)20-13-9(15)4-3-5-10(13)16/h3-5,7-8H,2,6H2,1H3,(H,20,21)(H,17,18,19). The number of carbonyl (C=O) groups is 1. The second kappa shape index (κ2) is 6.74. The van der Waals surface area contributed by atoms with Crippen LogP contribution in [-0.4, -0.2) is 22.4 Å². The quantitative estimate of drug-likeness (QED) is 0.889. The van der Waals surface area contributed by atoms with Gasteiger partial charge in [-0.25, -0.2) is 18.7 Å². The Kier molecular flexibility index (Phi) is 4.76. The zero-order chi connectivity index (χ0) is 15.2. The molecule has 0 aliphatic carbocycles. The Morgan fingerprint density at radius 1 is 1.24 bits per heavy atom. The first-order valence-electron chi connectivity index (χ1n) is 6.43. The maximum atomic E-state index is 13.5. The van der Waals surface area contributed by atoms with Crippen LogP contribution in [0.15, 0.2) is 30.6 Å². The fourth-order valence-corrected chi connectivity index (χ4v) is 1.63. The molecule has 2 aromatic rings. The van der Waals surface area contributed by atoms with Gasteiger partial charge in [0.15, 0.2) is 0 Å². The molecule has 0 bridgehead atoms. The fraction of sp³-hybridized carbons (Fsp3) is 0.214. The molecule has 0 spiro atoms. The lowest BCUT2D eigenvalue weighted by atomic mass is 10.2. The van der Waals surface area contributed by atoms with Crippen LogP contribution in [0.4, 0.5) is 20.3 Å². The van der Waals surface area contributed by atoms with E-state index in [1.165, 1.54) is 18.5 Å². The van der Waals surface area contributed by atoms with Crippen LogP contribution in [0.2, 0.25) is 0 Å². The molecule has 1 aromatic carbocycles. The van der Waals surface area contributed by atoms with Crippen molar-refractivity contribution < 1.29 is 13.6 Å². The summed E-state index contributed by atoms with van der Waals surface area (Å²) in [6.45, 7) is 2.68. The van der Waals surface area contributed by atoms with Crippen LogP contribution in [0.3, 0.4) is 0 Å². The predicted octanol–water partition coefficient (Wildman–Crippen LogP) is 2.83.